The molecule has 0 aromatic carbocycles. The van der Waals surface area contributed by atoms with Crippen LogP contribution in [0.5, 0.6) is 0 Å². The molecule has 0 saturated heterocycles. The minimum atomic E-state index is -0.874. The Morgan fingerprint density at radius 1 is 1.67 bits per heavy atom. The van der Waals surface area contributed by atoms with Gasteiger partial charge in [-0.15, -0.1) is 0 Å². The van der Waals surface area contributed by atoms with Crippen molar-refractivity contribution in [2.24, 2.45) is 0 Å². The van der Waals surface area contributed by atoms with Crippen molar-refractivity contribution in [3.63, 3.8) is 0 Å². The Labute approximate surface area is 88.8 Å². The summed E-state index contributed by atoms with van der Waals surface area (Å²) < 4.78 is 5.18. The van der Waals surface area contributed by atoms with E-state index in [4.69, 9.17) is 9.52 Å². The Bertz CT molecular complexity index is 341. The van der Waals surface area contributed by atoms with E-state index in [0.29, 0.717) is 18.7 Å². The number of carboxylic acid groups (broad SMARTS) is 1. The van der Waals surface area contributed by atoms with E-state index >= 15 is 0 Å². The molecule has 82 valence electrons. The highest BCUT2D eigenvalue weighted by Crippen LogP contribution is 2.04. The maximum atomic E-state index is 10.5. The van der Waals surface area contributed by atoms with Crippen LogP contribution < -0.4 is 0 Å². The summed E-state index contributed by atoms with van der Waals surface area (Å²) in [6.45, 7) is 2.86. The molecule has 1 aromatic heterocycles. The molecule has 0 unspecified atom stereocenters. The lowest BCUT2D eigenvalue weighted by Gasteiger charge is -2.12. The molecule has 0 radical (unpaired) electrons. The van der Waals surface area contributed by atoms with E-state index in [1.807, 2.05) is 24.1 Å². The number of nitrogens with zero attached hydrogens (tertiary/aromatic N) is 1. The second kappa shape index (κ2) is 5.36. The number of hydrogen-bond donors (Lipinski definition) is 1. The summed E-state index contributed by atoms with van der Waals surface area (Å²) in [4.78, 5) is 12.5. The maximum Gasteiger partial charge on any atom is 0.330 e. The number of likely N-dealkylation sites (N-methyl/N-ethyl adjacent to an activating group) is 1. The van der Waals surface area contributed by atoms with Crippen LogP contribution in [-0.2, 0) is 11.3 Å². The van der Waals surface area contributed by atoms with Gasteiger partial charge in [-0.05, 0) is 26.1 Å². The van der Waals surface area contributed by atoms with Crippen molar-refractivity contribution in [3.8, 4) is 0 Å². The van der Waals surface area contributed by atoms with Crippen LogP contribution in [0.15, 0.2) is 34.5 Å². The van der Waals surface area contributed by atoms with Crippen LogP contribution in [-0.4, -0.2) is 29.6 Å². The highest BCUT2D eigenvalue weighted by Gasteiger charge is 2.03. The molecule has 15 heavy (non-hydrogen) atoms. The summed E-state index contributed by atoms with van der Waals surface area (Å²) in [6, 6.07) is 3.73. The summed E-state index contributed by atoms with van der Waals surface area (Å²) in [5, 5.41) is 8.65. The van der Waals surface area contributed by atoms with Gasteiger partial charge in [-0.2, -0.15) is 0 Å². The summed E-state index contributed by atoms with van der Waals surface area (Å²) in [5.74, 6) is 0.000256. The molecule has 0 spiro atoms. The van der Waals surface area contributed by atoms with Gasteiger partial charge in [0.05, 0.1) is 12.8 Å². The molecule has 0 aliphatic rings. The zero-order valence-electron chi connectivity index (χ0n) is 8.93. The lowest BCUT2D eigenvalue weighted by atomic mass is 10.3. The Morgan fingerprint density at radius 3 is 2.93 bits per heavy atom. The number of rotatable bonds is 5. The fourth-order valence-corrected chi connectivity index (χ4v) is 1.11. The Morgan fingerprint density at radius 2 is 2.40 bits per heavy atom. The van der Waals surface area contributed by atoms with Crippen LogP contribution in [0.3, 0.4) is 0 Å². The van der Waals surface area contributed by atoms with Gasteiger partial charge in [0.1, 0.15) is 5.76 Å². The smallest absolute Gasteiger partial charge is 0.330 e. The van der Waals surface area contributed by atoms with E-state index in [-0.39, 0.29) is 0 Å². The molecule has 1 N–H and O–H groups in total. The van der Waals surface area contributed by atoms with Crippen LogP contribution in [0, 0.1) is 0 Å². The number of furan rings is 1. The maximum absolute atomic E-state index is 10.5. The molecule has 0 saturated carbocycles. The van der Waals surface area contributed by atoms with Crippen LogP contribution >= 0.6 is 0 Å². The normalized spacial score (nSPS) is 12.1. The van der Waals surface area contributed by atoms with Gasteiger partial charge in [-0.3, -0.25) is 4.90 Å². The van der Waals surface area contributed by atoms with Gasteiger partial charge in [0, 0.05) is 12.1 Å². The van der Waals surface area contributed by atoms with E-state index in [2.05, 4.69) is 0 Å². The molecule has 0 aliphatic heterocycles. The third-order valence-electron chi connectivity index (χ3n) is 2.05. The molecule has 0 aliphatic carbocycles. The minimum absolute atomic E-state index is 0.362. The lowest BCUT2D eigenvalue weighted by Crippen LogP contribution is -2.18. The highest BCUT2D eigenvalue weighted by atomic mass is 16.4. The second-order valence-electron chi connectivity index (χ2n) is 3.47. The number of hydrogen-bond acceptors (Lipinski definition) is 3. The zero-order chi connectivity index (χ0) is 11.3. The molecule has 4 heteroatoms. The molecular weight excluding hydrogens is 194 g/mol. The quantitative estimate of drug-likeness (QED) is 0.750. The van der Waals surface area contributed by atoms with E-state index < -0.39 is 5.97 Å². The van der Waals surface area contributed by atoms with Crippen molar-refractivity contribution in [3.05, 3.63) is 35.8 Å². The number of carbonyl (C=O) groups is 1. The van der Waals surface area contributed by atoms with Gasteiger partial charge in [0.2, 0.25) is 0 Å². The van der Waals surface area contributed by atoms with Crippen molar-refractivity contribution in [1.82, 2.24) is 4.90 Å². The fourth-order valence-electron chi connectivity index (χ4n) is 1.11. The van der Waals surface area contributed by atoms with Crippen molar-refractivity contribution in [1.29, 1.82) is 0 Å². The average molecular weight is 209 g/mol. The van der Waals surface area contributed by atoms with E-state index in [0.717, 1.165) is 5.76 Å². The minimum Gasteiger partial charge on any atom is -0.478 e. The van der Waals surface area contributed by atoms with Crippen LogP contribution in [0.4, 0.5) is 0 Å². The van der Waals surface area contributed by atoms with Crippen molar-refractivity contribution in [2.45, 2.75) is 13.5 Å². The van der Waals surface area contributed by atoms with E-state index in [1.165, 1.54) is 0 Å². The van der Waals surface area contributed by atoms with Crippen LogP contribution in [0.25, 0.3) is 0 Å². The van der Waals surface area contributed by atoms with Crippen molar-refractivity contribution >= 4 is 5.97 Å². The Balaban J connectivity index is 2.40. The topological polar surface area (TPSA) is 53.7 Å². The standard InChI is InChI=1S/C11H15NO3/c1-9(11(13)14)5-6-12(2)8-10-4-3-7-15-10/h3-5,7H,6,8H2,1-2H3,(H,13,14). The third kappa shape index (κ3) is 3.99. The van der Waals surface area contributed by atoms with Crippen LogP contribution in [0.1, 0.15) is 12.7 Å². The average Bonchev–Trinajstić information content (AvgIpc) is 2.66. The first-order valence-electron chi connectivity index (χ1n) is 4.70. The van der Waals surface area contributed by atoms with Gasteiger partial charge in [-0.25, -0.2) is 4.79 Å². The molecule has 0 fully saturated rings. The van der Waals surface area contributed by atoms with Gasteiger partial charge >= 0.3 is 5.97 Å². The fraction of sp³-hybridized carbons (Fsp3) is 0.364. The molecule has 0 atom stereocenters. The van der Waals surface area contributed by atoms with E-state index in [1.54, 1.807) is 19.3 Å². The Kier molecular flexibility index (Phi) is 4.12. The molecule has 1 aromatic rings. The highest BCUT2D eigenvalue weighted by molar-refractivity contribution is 5.85. The number of aliphatic carboxylic acids is 1. The van der Waals surface area contributed by atoms with Gasteiger partial charge in [-0.1, -0.05) is 6.08 Å². The Hall–Kier alpha value is -1.55. The first-order valence-corrected chi connectivity index (χ1v) is 4.70. The van der Waals surface area contributed by atoms with Crippen molar-refractivity contribution < 1.29 is 14.3 Å². The summed E-state index contributed by atoms with van der Waals surface area (Å²) in [6.07, 6.45) is 3.31. The van der Waals surface area contributed by atoms with Crippen LogP contribution in [0.2, 0.25) is 0 Å². The summed E-state index contributed by atoms with van der Waals surface area (Å²) >= 11 is 0. The van der Waals surface area contributed by atoms with E-state index in [9.17, 15) is 4.79 Å². The molecular formula is C11H15NO3. The zero-order valence-corrected chi connectivity index (χ0v) is 8.93. The van der Waals surface area contributed by atoms with Gasteiger partial charge < -0.3 is 9.52 Å². The largest absolute Gasteiger partial charge is 0.478 e. The first-order chi connectivity index (χ1) is 7.09. The lowest BCUT2D eigenvalue weighted by molar-refractivity contribution is -0.132. The molecule has 4 nitrogen and oxygen atoms in total. The predicted octanol–water partition coefficient (Wildman–Crippen LogP) is 1.74. The molecule has 1 heterocycles. The summed E-state index contributed by atoms with van der Waals surface area (Å²) in [7, 11) is 1.91. The predicted molar refractivity (Wildman–Crippen MR) is 56.4 cm³/mol. The van der Waals surface area contributed by atoms with Crippen molar-refractivity contribution in [2.75, 3.05) is 13.6 Å². The molecule has 1 rings (SSSR count). The van der Waals surface area contributed by atoms with Gasteiger partial charge in [0.15, 0.2) is 0 Å². The molecule has 0 amide bonds. The third-order valence-corrected chi connectivity index (χ3v) is 2.05. The first kappa shape index (κ1) is 11.5. The molecule has 0 bridgehead atoms. The SMILES string of the molecule is CC(=CCN(C)Cc1ccco1)C(=O)O. The summed E-state index contributed by atoms with van der Waals surface area (Å²) in [5.41, 5.74) is 0.362. The number of carboxylic acids is 1. The second-order valence-corrected chi connectivity index (χ2v) is 3.47. The van der Waals surface area contributed by atoms with Gasteiger partial charge in [0.25, 0.3) is 0 Å². The monoisotopic (exact) mass is 209 g/mol.